The van der Waals surface area contributed by atoms with Crippen LogP contribution >= 0.6 is 0 Å². The molecular formula is C15H20N4O4S. The molecule has 3 N–H and O–H groups in total. The van der Waals surface area contributed by atoms with Crippen LogP contribution in [0.1, 0.15) is 13.3 Å². The third kappa shape index (κ3) is 2.88. The highest BCUT2D eigenvalue weighted by molar-refractivity contribution is 7.89. The number of hydrogen-bond acceptors (Lipinski definition) is 5. The number of nitrogens with one attached hydrogen (secondary N) is 3. The van der Waals surface area contributed by atoms with Gasteiger partial charge in [0, 0.05) is 25.2 Å². The molecule has 0 aliphatic carbocycles. The fourth-order valence-corrected chi connectivity index (χ4v) is 4.86. The Morgan fingerprint density at radius 3 is 2.88 bits per heavy atom. The molecule has 2 aliphatic rings. The van der Waals surface area contributed by atoms with Gasteiger partial charge in [0.25, 0.3) is 0 Å². The second-order valence-electron chi connectivity index (χ2n) is 6.59. The molecule has 0 spiro atoms. The molecule has 2 aliphatic heterocycles. The lowest BCUT2D eigenvalue weighted by Gasteiger charge is -2.33. The van der Waals surface area contributed by atoms with Crippen molar-refractivity contribution in [2.75, 3.05) is 19.7 Å². The molecular weight excluding hydrogens is 332 g/mol. The van der Waals surface area contributed by atoms with Crippen LogP contribution in [0.25, 0.3) is 11.0 Å². The summed E-state index contributed by atoms with van der Waals surface area (Å²) in [6, 6.07) is 4.72. The monoisotopic (exact) mass is 352 g/mol. The average molecular weight is 352 g/mol. The predicted octanol–water partition coefficient (Wildman–Crippen LogP) is -0.00390. The van der Waals surface area contributed by atoms with Crippen LogP contribution in [-0.2, 0) is 14.8 Å². The topological polar surface area (TPSA) is 107 Å². The Kier molecular flexibility index (Phi) is 3.75. The zero-order chi connectivity index (χ0) is 16.9. The molecule has 0 bridgehead atoms. The van der Waals surface area contributed by atoms with Gasteiger partial charge in [-0.05, 0) is 31.5 Å². The molecule has 3 heterocycles. The van der Waals surface area contributed by atoms with Gasteiger partial charge in [0.15, 0.2) is 0 Å². The molecule has 130 valence electrons. The van der Waals surface area contributed by atoms with Crippen LogP contribution in [0.5, 0.6) is 0 Å². The number of nitrogens with zero attached hydrogens (tertiary/aromatic N) is 1. The maximum atomic E-state index is 12.6. The molecule has 0 saturated carbocycles. The highest BCUT2D eigenvalue weighted by Gasteiger charge is 2.37. The molecule has 4 rings (SSSR count). The summed E-state index contributed by atoms with van der Waals surface area (Å²) in [5.74, 6) is 0. The SMILES string of the molecule is C[C@H]1CN2C[C@@H](NS(=O)(=O)c3ccc4[nH]c(=O)[nH]c4c3)C[C@H]2CO1. The Balaban J connectivity index is 1.53. The minimum atomic E-state index is -3.64. The van der Waals surface area contributed by atoms with E-state index in [1.54, 1.807) is 6.07 Å². The van der Waals surface area contributed by atoms with Gasteiger partial charge in [-0.2, -0.15) is 0 Å². The van der Waals surface area contributed by atoms with E-state index in [1.165, 1.54) is 12.1 Å². The van der Waals surface area contributed by atoms with E-state index in [-0.39, 0.29) is 28.8 Å². The van der Waals surface area contributed by atoms with Crippen molar-refractivity contribution in [2.45, 2.75) is 36.4 Å². The van der Waals surface area contributed by atoms with Gasteiger partial charge in [-0.3, -0.25) is 4.90 Å². The number of benzene rings is 1. The van der Waals surface area contributed by atoms with E-state index in [9.17, 15) is 13.2 Å². The number of hydrogen-bond donors (Lipinski definition) is 3. The van der Waals surface area contributed by atoms with Crippen LogP contribution in [0.15, 0.2) is 27.9 Å². The first kappa shape index (κ1) is 15.8. The Morgan fingerprint density at radius 1 is 1.25 bits per heavy atom. The number of ether oxygens (including phenoxy) is 1. The van der Waals surface area contributed by atoms with Crippen LogP contribution in [0.3, 0.4) is 0 Å². The summed E-state index contributed by atoms with van der Waals surface area (Å²) in [7, 11) is -3.64. The van der Waals surface area contributed by atoms with E-state index in [1.807, 2.05) is 6.92 Å². The molecule has 9 heteroatoms. The van der Waals surface area contributed by atoms with Gasteiger partial charge < -0.3 is 14.7 Å². The number of sulfonamides is 1. The highest BCUT2D eigenvalue weighted by Crippen LogP contribution is 2.24. The Morgan fingerprint density at radius 2 is 2.04 bits per heavy atom. The quantitative estimate of drug-likeness (QED) is 0.721. The van der Waals surface area contributed by atoms with Gasteiger partial charge in [0.1, 0.15) is 0 Å². The lowest BCUT2D eigenvalue weighted by Crippen LogP contribution is -2.45. The maximum Gasteiger partial charge on any atom is 0.323 e. The standard InChI is InChI=1S/C15H20N4O4S/c1-9-6-19-7-10(4-11(19)8-23-9)18-24(21,22)12-2-3-13-14(5-12)17-15(20)16-13/h2-3,5,9-11,18H,4,6-8H2,1H3,(H2,16,17,20)/t9-,10-,11-/m0/s1. The summed E-state index contributed by atoms with van der Waals surface area (Å²) >= 11 is 0. The number of aromatic nitrogens is 2. The van der Waals surface area contributed by atoms with E-state index >= 15 is 0 Å². The fraction of sp³-hybridized carbons (Fsp3) is 0.533. The first-order chi connectivity index (χ1) is 11.4. The van der Waals surface area contributed by atoms with E-state index < -0.39 is 10.0 Å². The van der Waals surface area contributed by atoms with Crippen molar-refractivity contribution in [1.29, 1.82) is 0 Å². The van der Waals surface area contributed by atoms with Crippen molar-refractivity contribution in [1.82, 2.24) is 19.6 Å². The van der Waals surface area contributed by atoms with Crippen molar-refractivity contribution < 1.29 is 13.2 Å². The highest BCUT2D eigenvalue weighted by atomic mass is 32.2. The Bertz CT molecular complexity index is 919. The molecule has 2 saturated heterocycles. The summed E-state index contributed by atoms with van der Waals surface area (Å²) in [6.45, 7) is 4.21. The lowest BCUT2D eigenvalue weighted by molar-refractivity contribution is -0.0390. The molecule has 0 unspecified atom stereocenters. The third-order valence-electron chi connectivity index (χ3n) is 4.71. The molecule has 8 nitrogen and oxygen atoms in total. The van der Waals surface area contributed by atoms with Crippen LogP contribution in [0.4, 0.5) is 0 Å². The summed E-state index contributed by atoms with van der Waals surface area (Å²) < 4.78 is 33.7. The maximum absolute atomic E-state index is 12.6. The van der Waals surface area contributed by atoms with Gasteiger partial charge in [-0.1, -0.05) is 0 Å². The summed E-state index contributed by atoms with van der Waals surface area (Å²) in [4.78, 5) is 18.9. The van der Waals surface area contributed by atoms with Gasteiger partial charge in [0.05, 0.1) is 28.6 Å². The second kappa shape index (κ2) is 5.69. The zero-order valence-corrected chi connectivity index (χ0v) is 14.1. The molecule has 2 fully saturated rings. The normalized spacial score (nSPS) is 28.3. The van der Waals surface area contributed by atoms with Gasteiger partial charge in [0.2, 0.25) is 10.0 Å². The number of fused-ring (bicyclic) bond motifs is 2. The molecule has 1 aromatic heterocycles. The van der Waals surface area contributed by atoms with E-state index in [0.717, 1.165) is 13.0 Å². The molecule has 1 aromatic carbocycles. The molecule has 3 atom stereocenters. The lowest BCUT2D eigenvalue weighted by atomic mass is 10.2. The van der Waals surface area contributed by atoms with Crippen molar-refractivity contribution >= 4 is 21.1 Å². The summed E-state index contributed by atoms with van der Waals surface area (Å²) in [5, 5.41) is 0. The summed E-state index contributed by atoms with van der Waals surface area (Å²) in [6.07, 6.45) is 0.930. The third-order valence-corrected chi connectivity index (χ3v) is 6.23. The first-order valence-electron chi connectivity index (χ1n) is 8.01. The van der Waals surface area contributed by atoms with Crippen LogP contribution in [0, 0.1) is 0 Å². The minimum Gasteiger partial charge on any atom is -0.376 e. The Labute approximate surface area is 139 Å². The molecule has 0 radical (unpaired) electrons. The van der Waals surface area contributed by atoms with Gasteiger partial charge in [-0.15, -0.1) is 0 Å². The Hall–Kier alpha value is -1.68. The number of aromatic amines is 2. The minimum absolute atomic E-state index is 0.130. The molecule has 24 heavy (non-hydrogen) atoms. The van der Waals surface area contributed by atoms with Gasteiger partial charge >= 0.3 is 5.69 Å². The molecule has 2 aromatic rings. The fourth-order valence-electron chi connectivity index (χ4n) is 3.59. The smallest absolute Gasteiger partial charge is 0.323 e. The van der Waals surface area contributed by atoms with Crippen LogP contribution < -0.4 is 10.4 Å². The van der Waals surface area contributed by atoms with Crippen molar-refractivity contribution in [3.63, 3.8) is 0 Å². The van der Waals surface area contributed by atoms with Gasteiger partial charge in [-0.25, -0.2) is 17.9 Å². The van der Waals surface area contributed by atoms with Crippen molar-refractivity contribution in [3.05, 3.63) is 28.7 Å². The largest absolute Gasteiger partial charge is 0.376 e. The van der Waals surface area contributed by atoms with E-state index in [2.05, 4.69) is 19.6 Å². The summed E-state index contributed by atoms with van der Waals surface area (Å²) in [5.41, 5.74) is 0.714. The predicted molar refractivity (Wildman–Crippen MR) is 88.4 cm³/mol. The number of imidazole rings is 1. The zero-order valence-electron chi connectivity index (χ0n) is 13.3. The number of rotatable bonds is 3. The van der Waals surface area contributed by atoms with E-state index in [4.69, 9.17) is 4.74 Å². The van der Waals surface area contributed by atoms with Crippen molar-refractivity contribution in [2.24, 2.45) is 0 Å². The molecule has 0 amide bonds. The van der Waals surface area contributed by atoms with Crippen molar-refractivity contribution in [3.8, 4) is 0 Å². The van der Waals surface area contributed by atoms with E-state index in [0.29, 0.717) is 24.2 Å². The van der Waals surface area contributed by atoms with Crippen LogP contribution in [-0.4, -0.2) is 61.2 Å². The number of morpholine rings is 1. The second-order valence-corrected chi connectivity index (χ2v) is 8.31. The first-order valence-corrected chi connectivity index (χ1v) is 9.49. The van der Waals surface area contributed by atoms with Crippen LogP contribution in [0.2, 0.25) is 0 Å². The number of H-pyrrole nitrogens is 2. The average Bonchev–Trinajstić information content (AvgIpc) is 3.06.